The maximum atomic E-state index is 11.1. The standard InChI is InChI=1S/C14H19NO2/c16-13(17)14(8-4-9-14)11-15-10-7-12-5-2-1-3-6-12/h1-3,5-6,15H,4,7-11H2,(H,16,17). The molecule has 0 amide bonds. The Kier molecular flexibility index (Phi) is 3.79. The second-order valence-electron chi connectivity index (χ2n) is 4.85. The molecule has 0 spiro atoms. The fourth-order valence-corrected chi connectivity index (χ4v) is 2.27. The molecule has 1 aromatic carbocycles. The second-order valence-corrected chi connectivity index (χ2v) is 4.85. The molecule has 0 saturated heterocycles. The Bertz CT molecular complexity index is 371. The number of nitrogens with one attached hydrogen (secondary N) is 1. The van der Waals surface area contributed by atoms with Crippen LogP contribution in [0.25, 0.3) is 0 Å². The van der Waals surface area contributed by atoms with Gasteiger partial charge in [0.2, 0.25) is 0 Å². The molecule has 0 heterocycles. The summed E-state index contributed by atoms with van der Waals surface area (Å²) in [6.45, 7) is 1.45. The van der Waals surface area contributed by atoms with Gasteiger partial charge in [0.15, 0.2) is 0 Å². The van der Waals surface area contributed by atoms with Crippen molar-refractivity contribution in [2.75, 3.05) is 13.1 Å². The molecule has 1 aliphatic rings. The third-order valence-corrected chi connectivity index (χ3v) is 3.66. The molecule has 0 aliphatic heterocycles. The zero-order valence-corrected chi connectivity index (χ0v) is 9.98. The number of hydrogen-bond acceptors (Lipinski definition) is 2. The van der Waals surface area contributed by atoms with Crippen molar-refractivity contribution >= 4 is 5.97 Å². The minimum Gasteiger partial charge on any atom is -0.481 e. The van der Waals surface area contributed by atoms with E-state index in [0.29, 0.717) is 6.54 Å². The highest BCUT2D eigenvalue weighted by Gasteiger charge is 2.43. The molecule has 2 rings (SSSR count). The van der Waals surface area contributed by atoms with Crippen LogP contribution in [-0.4, -0.2) is 24.2 Å². The largest absolute Gasteiger partial charge is 0.481 e. The molecule has 1 saturated carbocycles. The average Bonchev–Trinajstić information content (AvgIpc) is 2.27. The van der Waals surface area contributed by atoms with Crippen molar-refractivity contribution in [2.45, 2.75) is 25.7 Å². The zero-order valence-electron chi connectivity index (χ0n) is 9.98. The van der Waals surface area contributed by atoms with Crippen LogP contribution >= 0.6 is 0 Å². The van der Waals surface area contributed by atoms with Crippen LogP contribution in [0.3, 0.4) is 0 Å². The molecule has 3 heteroatoms. The summed E-state index contributed by atoms with van der Waals surface area (Å²) in [4.78, 5) is 11.1. The fourth-order valence-electron chi connectivity index (χ4n) is 2.27. The van der Waals surface area contributed by atoms with E-state index in [1.807, 2.05) is 18.2 Å². The molecule has 3 nitrogen and oxygen atoms in total. The number of hydrogen-bond donors (Lipinski definition) is 2. The van der Waals surface area contributed by atoms with Gasteiger partial charge in [-0.05, 0) is 31.4 Å². The lowest BCUT2D eigenvalue weighted by atomic mass is 9.69. The zero-order chi connectivity index (χ0) is 12.1. The molecule has 1 fully saturated rings. The molecule has 0 aromatic heterocycles. The van der Waals surface area contributed by atoms with Gasteiger partial charge in [-0.15, -0.1) is 0 Å². The average molecular weight is 233 g/mol. The highest BCUT2D eigenvalue weighted by molar-refractivity contribution is 5.76. The van der Waals surface area contributed by atoms with Gasteiger partial charge in [-0.3, -0.25) is 4.79 Å². The Hall–Kier alpha value is -1.35. The molecule has 0 atom stereocenters. The predicted octanol–water partition coefficient (Wildman–Crippen LogP) is 2.07. The van der Waals surface area contributed by atoms with Gasteiger partial charge >= 0.3 is 5.97 Å². The van der Waals surface area contributed by atoms with E-state index in [-0.39, 0.29) is 0 Å². The summed E-state index contributed by atoms with van der Waals surface area (Å²) in [5.41, 5.74) is 0.814. The topological polar surface area (TPSA) is 49.3 Å². The predicted molar refractivity (Wildman–Crippen MR) is 66.9 cm³/mol. The first-order valence-corrected chi connectivity index (χ1v) is 6.21. The van der Waals surface area contributed by atoms with E-state index in [4.69, 9.17) is 5.11 Å². The summed E-state index contributed by atoms with van der Waals surface area (Å²) in [6, 6.07) is 10.3. The normalized spacial score (nSPS) is 17.4. The fraction of sp³-hybridized carbons (Fsp3) is 0.500. The van der Waals surface area contributed by atoms with Gasteiger partial charge in [0.1, 0.15) is 0 Å². The number of carboxylic acid groups (broad SMARTS) is 1. The van der Waals surface area contributed by atoms with Crippen LogP contribution < -0.4 is 5.32 Å². The lowest BCUT2D eigenvalue weighted by Gasteiger charge is -2.37. The van der Waals surface area contributed by atoms with Crippen molar-refractivity contribution in [3.63, 3.8) is 0 Å². The SMILES string of the molecule is O=C(O)C1(CNCCc2ccccc2)CCC1. The van der Waals surface area contributed by atoms with Gasteiger partial charge < -0.3 is 10.4 Å². The monoisotopic (exact) mass is 233 g/mol. The van der Waals surface area contributed by atoms with Crippen LogP contribution in [0.15, 0.2) is 30.3 Å². The molecule has 2 N–H and O–H groups in total. The van der Waals surface area contributed by atoms with Crippen molar-refractivity contribution in [3.8, 4) is 0 Å². The van der Waals surface area contributed by atoms with Crippen LogP contribution in [0.2, 0.25) is 0 Å². The molecule has 92 valence electrons. The number of aliphatic carboxylic acids is 1. The van der Waals surface area contributed by atoms with Crippen molar-refractivity contribution in [3.05, 3.63) is 35.9 Å². The highest BCUT2D eigenvalue weighted by Crippen LogP contribution is 2.40. The first kappa shape index (κ1) is 12.1. The van der Waals surface area contributed by atoms with Crippen molar-refractivity contribution in [2.24, 2.45) is 5.41 Å². The molecule has 0 unspecified atom stereocenters. The van der Waals surface area contributed by atoms with E-state index in [1.54, 1.807) is 0 Å². The van der Waals surface area contributed by atoms with Crippen LogP contribution in [0.1, 0.15) is 24.8 Å². The Morgan fingerprint density at radius 1 is 1.29 bits per heavy atom. The maximum absolute atomic E-state index is 11.1. The van der Waals surface area contributed by atoms with Gasteiger partial charge in [-0.2, -0.15) is 0 Å². The molecule has 1 aromatic rings. The van der Waals surface area contributed by atoms with E-state index in [9.17, 15) is 4.79 Å². The highest BCUT2D eigenvalue weighted by atomic mass is 16.4. The van der Waals surface area contributed by atoms with Crippen molar-refractivity contribution < 1.29 is 9.90 Å². The summed E-state index contributed by atoms with van der Waals surface area (Å²) in [6.07, 6.45) is 3.64. The first-order chi connectivity index (χ1) is 8.23. The Labute approximate surface area is 102 Å². The molecule has 0 radical (unpaired) electrons. The van der Waals surface area contributed by atoms with Crippen molar-refractivity contribution in [1.82, 2.24) is 5.32 Å². The Balaban J connectivity index is 1.71. The smallest absolute Gasteiger partial charge is 0.310 e. The Morgan fingerprint density at radius 3 is 2.53 bits per heavy atom. The van der Waals surface area contributed by atoms with E-state index < -0.39 is 11.4 Å². The van der Waals surface area contributed by atoms with E-state index in [2.05, 4.69) is 17.4 Å². The van der Waals surface area contributed by atoms with Gasteiger partial charge in [0.05, 0.1) is 5.41 Å². The Morgan fingerprint density at radius 2 is 2.00 bits per heavy atom. The van der Waals surface area contributed by atoms with Gasteiger partial charge in [0.25, 0.3) is 0 Å². The number of carbonyl (C=O) groups is 1. The number of carboxylic acids is 1. The third-order valence-electron chi connectivity index (χ3n) is 3.66. The summed E-state index contributed by atoms with van der Waals surface area (Å²) in [7, 11) is 0. The molecule has 0 bridgehead atoms. The minimum absolute atomic E-state index is 0.476. The third kappa shape index (κ3) is 2.86. The van der Waals surface area contributed by atoms with Crippen LogP contribution in [0.4, 0.5) is 0 Å². The number of benzene rings is 1. The number of rotatable bonds is 6. The van der Waals surface area contributed by atoms with E-state index >= 15 is 0 Å². The molecule has 1 aliphatic carbocycles. The lowest BCUT2D eigenvalue weighted by molar-refractivity contribution is -0.154. The van der Waals surface area contributed by atoms with Crippen molar-refractivity contribution in [1.29, 1.82) is 0 Å². The molecular weight excluding hydrogens is 214 g/mol. The minimum atomic E-state index is -0.643. The van der Waals surface area contributed by atoms with E-state index in [1.165, 1.54) is 5.56 Å². The van der Waals surface area contributed by atoms with E-state index in [0.717, 1.165) is 32.2 Å². The summed E-state index contributed by atoms with van der Waals surface area (Å²) in [5, 5.41) is 12.4. The molecule has 17 heavy (non-hydrogen) atoms. The first-order valence-electron chi connectivity index (χ1n) is 6.21. The summed E-state index contributed by atoms with van der Waals surface area (Å²) < 4.78 is 0. The van der Waals surface area contributed by atoms with Gasteiger partial charge in [-0.1, -0.05) is 36.8 Å². The maximum Gasteiger partial charge on any atom is 0.310 e. The van der Waals surface area contributed by atoms with Crippen LogP contribution in [0.5, 0.6) is 0 Å². The van der Waals surface area contributed by atoms with Gasteiger partial charge in [0, 0.05) is 6.54 Å². The summed E-state index contributed by atoms with van der Waals surface area (Å²) in [5.74, 6) is -0.643. The van der Waals surface area contributed by atoms with Gasteiger partial charge in [-0.25, -0.2) is 0 Å². The van der Waals surface area contributed by atoms with Crippen LogP contribution in [-0.2, 0) is 11.2 Å². The molecular formula is C14H19NO2. The quantitative estimate of drug-likeness (QED) is 0.739. The van der Waals surface area contributed by atoms with Crippen LogP contribution in [0, 0.1) is 5.41 Å². The lowest BCUT2D eigenvalue weighted by Crippen LogP contribution is -2.46. The summed E-state index contributed by atoms with van der Waals surface area (Å²) >= 11 is 0. The second kappa shape index (κ2) is 5.32.